The van der Waals surface area contributed by atoms with Crippen LogP contribution in [0, 0.1) is 0 Å². The number of benzene rings is 1. The molecule has 0 saturated heterocycles. The van der Waals surface area contributed by atoms with Crippen molar-refractivity contribution in [1.29, 1.82) is 0 Å². The van der Waals surface area contributed by atoms with E-state index in [9.17, 15) is 9.82 Å². The number of ether oxygens (including phenoxy) is 3. The molecule has 3 rings (SSSR count). The number of hydrogen-bond donors (Lipinski definition) is 2. The zero-order chi connectivity index (χ0) is 17.9. The summed E-state index contributed by atoms with van der Waals surface area (Å²) in [4.78, 5) is 11.7. The topological polar surface area (TPSA) is 86.3 Å². The van der Waals surface area contributed by atoms with Crippen LogP contribution in [0.3, 0.4) is 0 Å². The number of amides is 1. The lowest BCUT2D eigenvalue weighted by Crippen LogP contribution is -2.35. The Bertz CT molecular complexity index is 601. The average Bonchev–Trinajstić information content (AvgIpc) is 3.10. The van der Waals surface area contributed by atoms with Crippen LogP contribution in [0.1, 0.15) is 46.3 Å². The minimum Gasteiger partial charge on any atom is -0.454 e. The van der Waals surface area contributed by atoms with E-state index in [1.54, 1.807) is 32.9 Å². The van der Waals surface area contributed by atoms with E-state index in [4.69, 9.17) is 18.9 Å². The molecule has 0 saturated carbocycles. The van der Waals surface area contributed by atoms with E-state index >= 15 is 0 Å². The van der Waals surface area contributed by atoms with Crippen LogP contribution in [-0.4, -0.2) is 37.2 Å². The Kier molecular flexibility index (Phi) is 5.61. The van der Waals surface area contributed by atoms with Crippen molar-refractivity contribution in [2.75, 3.05) is 13.3 Å². The Hall–Kier alpha value is -1.93. The van der Waals surface area contributed by atoms with E-state index < -0.39 is 24.9 Å². The first-order valence-electron chi connectivity index (χ1n) is 8.08. The molecule has 1 atom stereocenters. The SMILES string of the molecule is CC.CC(C)(C)OC(=O)NCC1OB(O)c2ccc3c(c21)OCO3. The summed E-state index contributed by atoms with van der Waals surface area (Å²) in [5, 5.41) is 12.6. The first-order chi connectivity index (χ1) is 11.3. The first-order valence-corrected chi connectivity index (χ1v) is 8.08. The van der Waals surface area contributed by atoms with E-state index in [-0.39, 0.29) is 13.3 Å². The number of alkyl carbamates (subject to hydrolysis) is 1. The van der Waals surface area contributed by atoms with Crippen molar-refractivity contribution in [3.8, 4) is 11.5 Å². The highest BCUT2D eigenvalue weighted by molar-refractivity contribution is 6.62. The van der Waals surface area contributed by atoms with Crippen molar-refractivity contribution in [3.05, 3.63) is 17.7 Å². The molecule has 1 aromatic rings. The summed E-state index contributed by atoms with van der Waals surface area (Å²) in [6.45, 7) is 9.66. The van der Waals surface area contributed by atoms with Gasteiger partial charge in [-0.1, -0.05) is 19.9 Å². The lowest BCUT2D eigenvalue weighted by molar-refractivity contribution is 0.0497. The molecule has 0 spiro atoms. The predicted molar refractivity (Wildman–Crippen MR) is 89.6 cm³/mol. The predicted octanol–water partition coefficient (Wildman–Crippen LogP) is 1.72. The second-order valence-corrected chi connectivity index (χ2v) is 6.16. The van der Waals surface area contributed by atoms with Gasteiger partial charge in [-0.2, -0.15) is 0 Å². The molecular formula is C16H24BNO6. The summed E-state index contributed by atoms with van der Waals surface area (Å²) in [6, 6.07) is 3.47. The monoisotopic (exact) mass is 337 g/mol. The number of rotatable bonds is 2. The number of carbonyl (C=O) groups excluding carboxylic acids is 1. The zero-order valence-electron chi connectivity index (χ0n) is 14.7. The van der Waals surface area contributed by atoms with Crippen molar-refractivity contribution in [3.63, 3.8) is 0 Å². The molecule has 2 heterocycles. The summed E-state index contributed by atoms with van der Waals surface area (Å²) in [6.07, 6.45) is -1.06. The smallest absolute Gasteiger partial charge is 0.454 e. The largest absolute Gasteiger partial charge is 0.492 e. The lowest BCUT2D eigenvalue weighted by Gasteiger charge is -2.21. The van der Waals surface area contributed by atoms with Gasteiger partial charge in [-0.25, -0.2) is 4.79 Å². The molecule has 24 heavy (non-hydrogen) atoms. The maximum absolute atomic E-state index is 11.7. The van der Waals surface area contributed by atoms with Crippen LogP contribution < -0.4 is 20.3 Å². The summed E-state index contributed by atoms with van der Waals surface area (Å²) in [5.41, 5.74) is 0.759. The molecule has 0 bridgehead atoms. The minimum absolute atomic E-state index is 0.133. The molecule has 0 aliphatic carbocycles. The van der Waals surface area contributed by atoms with E-state index in [1.807, 2.05) is 13.8 Å². The Balaban J connectivity index is 0.00000100. The van der Waals surface area contributed by atoms with Crippen molar-refractivity contribution >= 4 is 18.7 Å². The standard InChI is InChI=1S/C14H18BNO6.C2H6/c1-14(2,3)21-13(17)16-6-10-11-8(15(18)22-10)4-5-9-12(11)20-7-19-9;1-2/h4-5,10,18H,6-7H2,1-3H3,(H,16,17);1-2H3. The van der Waals surface area contributed by atoms with Gasteiger partial charge in [0, 0.05) is 12.1 Å². The van der Waals surface area contributed by atoms with Gasteiger partial charge in [0.05, 0.1) is 6.10 Å². The van der Waals surface area contributed by atoms with Crippen LogP contribution in [0.15, 0.2) is 12.1 Å². The summed E-state index contributed by atoms with van der Waals surface area (Å²) in [7, 11) is -1.05. The quantitative estimate of drug-likeness (QED) is 0.800. The fraction of sp³-hybridized carbons (Fsp3) is 0.562. The van der Waals surface area contributed by atoms with Crippen molar-refractivity contribution in [2.45, 2.75) is 46.3 Å². The molecule has 8 heteroatoms. The molecule has 0 fully saturated rings. The second-order valence-electron chi connectivity index (χ2n) is 6.16. The maximum Gasteiger partial charge on any atom is 0.492 e. The molecule has 2 aliphatic rings. The van der Waals surface area contributed by atoms with Gasteiger partial charge in [-0.05, 0) is 32.3 Å². The molecule has 0 aromatic heterocycles. The third-order valence-corrected chi connectivity index (χ3v) is 3.32. The van der Waals surface area contributed by atoms with Gasteiger partial charge in [-0.15, -0.1) is 0 Å². The van der Waals surface area contributed by atoms with Gasteiger partial charge >= 0.3 is 13.2 Å². The molecule has 0 radical (unpaired) electrons. The molecule has 132 valence electrons. The Morgan fingerprint density at radius 1 is 1.38 bits per heavy atom. The van der Waals surface area contributed by atoms with Crippen LogP contribution in [0.5, 0.6) is 11.5 Å². The van der Waals surface area contributed by atoms with Gasteiger partial charge in [0.1, 0.15) is 5.60 Å². The van der Waals surface area contributed by atoms with Crippen LogP contribution in [0.25, 0.3) is 0 Å². The summed E-state index contributed by atoms with van der Waals surface area (Å²) in [5.74, 6) is 1.17. The Morgan fingerprint density at radius 2 is 2.08 bits per heavy atom. The molecule has 2 N–H and O–H groups in total. The van der Waals surface area contributed by atoms with Crippen molar-refractivity contribution in [1.82, 2.24) is 5.32 Å². The number of hydrogen-bond acceptors (Lipinski definition) is 6. The number of nitrogens with one attached hydrogen (secondary N) is 1. The minimum atomic E-state index is -1.05. The third-order valence-electron chi connectivity index (χ3n) is 3.32. The van der Waals surface area contributed by atoms with Gasteiger partial charge in [-0.3, -0.25) is 0 Å². The third kappa shape index (κ3) is 3.94. The summed E-state index contributed by atoms with van der Waals surface area (Å²) >= 11 is 0. The fourth-order valence-electron chi connectivity index (χ4n) is 2.49. The molecule has 2 aliphatic heterocycles. The van der Waals surface area contributed by atoms with Crippen molar-refractivity contribution < 1.29 is 28.7 Å². The van der Waals surface area contributed by atoms with Gasteiger partial charge in [0.2, 0.25) is 6.79 Å². The van der Waals surface area contributed by atoms with Gasteiger partial charge in [0.25, 0.3) is 0 Å². The van der Waals surface area contributed by atoms with Crippen molar-refractivity contribution in [2.24, 2.45) is 0 Å². The zero-order valence-corrected chi connectivity index (χ0v) is 14.7. The maximum atomic E-state index is 11.7. The highest BCUT2D eigenvalue weighted by Crippen LogP contribution is 2.41. The second kappa shape index (κ2) is 7.31. The normalized spacial score (nSPS) is 17.8. The van der Waals surface area contributed by atoms with E-state index in [0.29, 0.717) is 22.5 Å². The molecular weight excluding hydrogens is 313 g/mol. The van der Waals surface area contributed by atoms with Crippen LogP contribution in [0.2, 0.25) is 0 Å². The molecule has 7 nitrogen and oxygen atoms in total. The first kappa shape index (κ1) is 18.4. The van der Waals surface area contributed by atoms with Crippen LogP contribution in [-0.2, 0) is 9.39 Å². The van der Waals surface area contributed by atoms with Gasteiger partial charge < -0.3 is 29.2 Å². The highest BCUT2D eigenvalue weighted by Gasteiger charge is 2.40. The van der Waals surface area contributed by atoms with Crippen LogP contribution in [0.4, 0.5) is 4.79 Å². The van der Waals surface area contributed by atoms with Gasteiger partial charge in [0.15, 0.2) is 11.5 Å². The summed E-state index contributed by atoms with van der Waals surface area (Å²) < 4.78 is 21.4. The average molecular weight is 337 g/mol. The Morgan fingerprint density at radius 3 is 2.75 bits per heavy atom. The number of fused-ring (bicyclic) bond motifs is 3. The van der Waals surface area contributed by atoms with E-state index in [1.165, 1.54) is 0 Å². The molecule has 1 unspecified atom stereocenters. The van der Waals surface area contributed by atoms with E-state index in [0.717, 1.165) is 0 Å². The Labute approximate surface area is 142 Å². The van der Waals surface area contributed by atoms with Crippen LogP contribution >= 0.6 is 0 Å². The highest BCUT2D eigenvalue weighted by atomic mass is 16.7. The lowest BCUT2D eigenvalue weighted by atomic mass is 9.79. The molecule has 1 aromatic carbocycles. The van der Waals surface area contributed by atoms with E-state index in [2.05, 4.69) is 5.32 Å². The fourth-order valence-corrected chi connectivity index (χ4v) is 2.49. The molecule has 1 amide bonds. The number of carbonyl (C=O) groups is 1.